The summed E-state index contributed by atoms with van der Waals surface area (Å²) >= 11 is 0. The lowest BCUT2D eigenvalue weighted by Crippen LogP contribution is -2.01. The van der Waals surface area contributed by atoms with Crippen molar-refractivity contribution in [3.8, 4) is 11.8 Å². The highest BCUT2D eigenvalue weighted by Gasteiger charge is 2.23. The van der Waals surface area contributed by atoms with E-state index < -0.39 is 6.10 Å². The second-order valence-corrected chi connectivity index (χ2v) is 5.09. The first-order chi connectivity index (χ1) is 10.2. The molecule has 0 saturated heterocycles. The van der Waals surface area contributed by atoms with Crippen molar-refractivity contribution in [2.75, 3.05) is 0 Å². The van der Waals surface area contributed by atoms with E-state index in [0.717, 1.165) is 17.5 Å². The van der Waals surface area contributed by atoms with Gasteiger partial charge in [-0.05, 0) is 42.7 Å². The van der Waals surface area contributed by atoms with Crippen molar-refractivity contribution in [3.63, 3.8) is 0 Å². The fourth-order valence-corrected chi connectivity index (χ4v) is 2.64. The van der Waals surface area contributed by atoms with Crippen LogP contribution >= 0.6 is 0 Å². The highest BCUT2D eigenvalue weighted by molar-refractivity contribution is 5.44. The lowest BCUT2D eigenvalue weighted by atomic mass is 10.1. The number of nitrogens with zero attached hydrogens (tertiary/aromatic N) is 1. The summed E-state index contributed by atoms with van der Waals surface area (Å²) in [6, 6.07) is 11.7. The molecule has 3 nitrogen and oxygen atoms in total. The summed E-state index contributed by atoms with van der Waals surface area (Å²) in [6.45, 7) is 0.0634. The first-order valence-electron chi connectivity index (χ1n) is 6.80. The molecule has 0 saturated carbocycles. The third-order valence-corrected chi connectivity index (χ3v) is 3.75. The van der Waals surface area contributed by atoms with Gasteiger partial charge in [0.05, 0.1) is 17.7 Å². The van der Waals surface area contributed by atoms with Crippen LogP contribution in [0, 0.1) is 17.1 Å². The topological polar surface area (TPSA) is 53.2 Å². The molecule has 21 heavy (non-hydrogen) atoms. The molecule has 106 valence electrons. The molecule has 0 aromatic heterocycles. The van der Waals surface area contributed by atoms with E-state index in [4.69, 9.17) is 10.00 Å². The molecule has 0 aliphatic heterocycles. The Morgan fingerprint density at radius 2 is 2.19 bits per heavy atom. The van der Waals surface area contributed by atoms with E-state index in [-0.39, 0.29) is 12.4 Å². The van der Waals surface area contributed by atoms with Gasteiger partial charge in [-0.15, -0.1) is 0 Å². The van der Waals surface area contributed by atoms with Crippen molar-refractivity contribution < 1.29 is 14.2 Å². The smallest absolute Gasteiger partial charge is 0.129 e. The standard InChI is InChI=1S/C17H14FNO2/c18-15-6-4-11(9-19)8-12(15)10-21-17-3-1-2-13-14(17)5-7-16(13)20/h1-4,6,8,16,20H,5,7,10H2. The molecule has 0 radical (unpaired) electrons. The van der Waals surface area contributed by atoms with Crippen molar-refractivity contribution in [2.24, 2.45) is 0 Å². The van der Waals surface area contributed by atoms with Crippen molar-refractivity contribution in [3.05, 3.63) is 64.5 Å². The minimum Gasteiger partial charge on any atom is -0.489 e. The SMILES string of the molecule is N#Cc1ccc(F)c(COc2cccc3c2CCC3O)c1. The molecule has 2 aromatic rings. The molecule has 1 aliphatic carbocycles. The van der Waals surface area contributed by atoms with Gasteiger partial charge in [-0.3, -0.25) is 0 Å². The van der Waals surface area contributed by atoms with Gasteiger partial charge in [0.1, 0.15) is 18.2 Å². The number of hydrogen-bond donors (Lipinski definition) is 1. The molecular weight excluding hydrogens is 269 g/mol. The zero-order chi connectivity index (χ0) is 14.8. The van der Waals surface area contributed by atoms with E-state index in [1.165, 1.54) is 18.2 Å². The van der Waals surface area contributed by atoms with Crippen LogP contribution in [0.2, 0.25) is 0 Å². The number of fused-ring (bicyclic) bond motifs is 1. The third kappa shape index (κ3) is 2.61. The van der Waals surface area contributed by atoms with Crippen molar-refractivity contribution >= 4 is 0 Å². The summed E-state index contributed by atoms with van der Waals surface area (Å²) in [5.41, 5.74) is 2.63. The normalized spacial score (nSPS) is 16.3. The minimum absolute atomic E-state index is 0.0634. The third-order valence-electron chi connectivity index (χ3n) is 3.75. The van der Waals surface area contributed by atoms with Gasteiger partial charge in [-0.1, -0.05) is 12.1 Å². The summed E-state index contributed by atoms with van der Waals surface area (Å²) in [7, 11) is 0. The molecule has 1 N–H and O–H groups in total. The first kappa shape index (κ1) is 13.6. The lowest BCUT2D eigenvalue weighted by Gasteiger charge is -2.12. The molecule has 0 spiro atoms. The van der Waals surface area contributed by atoms with Gasteiger partial charge in [0.2, 0.25) is 0 Å². The molecule has 3 rings (SSSR count). The Kier molecular flexibility index (Phi) is 3.59. The molecular formula is C17H14FNO2. The Morgan fingerprint density at radius 1 is 1.33 bits per heavy atom. The average Bonchev–Trinajstić information content (AvgIpc) is 2.89. The molecule has 0 amide bonds. The summed E-state index contributed by atoms with van der Waals surface area (Å²) in [5.74, 6) is 0.285. The maximum absolute atomic E-state index is 13.7. The highest BCUT2D eigenvalue weighted by Crippen LogP contribution is 2.37. The van der Waals surface area contributed by atoms with E-state index in [1.807, 2.05) is 24.3 Å². The molecule has 1 aliphatic rings. The van der Waals surface area contributed by atoms with E-state index in [2.05, 4.69) is 0 Å². The van der Waals surface area contributed by atoms with E-state index in [0.29, 0.717) is 23.3 Å². The van der Waals surface area contributed by atoms with Crippen LogP contribution in [0.15, 0.2) is 36.4 Å². The van der Waals surface area contributed by atoms with Gasteiger partial charge < -0.3 is 9.84 Å². The van der Waals surface area contributed by atoms with Crippen molar-refractivity contribution in [1.82, 2.24) is 0 Å². The molecule has 0 bridgehead atoms. The van der Waals surface area contributed by atoms with Crippen LogP contribution in [0.25, 0.3) is 0 Å². The minimum atomic E-state index is -0.442. The van der Waals surface area contributed by atoms with Gasteiger partial charge in [0, 0.05) is 11.1 Å². The monoisotopic (exact) mass is 283 g/mol. The Labute approximate surface area is 122 Å². The van der Waals surface area contributed by atoms with Crippen LogP contribution in [0.4, 0.5) is 4.39 Å². The molecule has 4 heteroatoms. The molecule has 1 unspecified atom stereocenters. The summed E-state index contributed by atoms with van der Waals surface area (Å²) in [5, 5.41) is 18.7. The highest BCUT2D eigenvalue weighted by atomic mass is 19.1. The quantitative estimate of drug-likeness (QED) is 0.940. The Hall–Kier alpha value is -2.38. The molecule has 1 atom stereocenters. The van der Waals surface area contributed by atoms with Gasteiger partial charge in [0.25, 0.3) is 0 Å². The number of aliphatic hydroxyl groups excluding tert-OH is 1. The van der Waals surface area contributed by atoms with Gasteiger partial charge in [0.15, 0.2) is 0 Å². The van der Waals surface area contributed by atoms with E-state index in [1.54, 1.807) is 0 Å². The molecule has 0 fully saturated rings. The lowest BCUT2D eigenvalue weighted by molar-refractivity contribution is 0.180. The number of halogens is 1. The Morgan fingerprint density at radius 3 is 3.00 bits per heavy atom. The summed E-state index contributed by atoms with van der Waals surface area (Å²) < 4.78 is 19.4. The maximum Gasteiger partial charge on any atom is 0.129 e. The zero-order valence-corrected chi connectivity index (χ0v) is 11.3. The largest absolute Gasteiger partial charge is 0.489 e. The number of nitriles is 1. The van der Waals surface area contributed by atoms with Gasteiger partial charge in [-0.2, -0.15) is 5.26 Å². The number of aliphatic hydroxyl groups is 1. The van der Waals surface area contributed by atoms with Crippen molar-refractivity contribution in [2.45, 2.75) is 25.6 Å². The molecule has 2 aromatic carbocycles. The summed E-state index contributed by atoms with van der Waals surface area (Å²) in [6.07, 6.45) is 1.00. The Bertz CT molecular complexity index is 721. The second-order valence-electron chi connectivity index (χ2n) is 5.09. The number of hydrogen-bond acceptors (Lipinski definition) is 3. The zero-order valence-electron chi connectivity index (χ0n) is 11.3. The van der Waals surface area contributed by atoms with Crippen LogP contribution < -0.4 is 4.74 Å². The van der Waals surface area contributed by atoms with Crippen LogP contribution in [-0.4, -0.2) is 5.11 Å². The predicted octanol–water partition coefficient (Wildman–Crippen LogP) is 3.26. The fourth-order valence-electron chi connectivity index (χ4n) is 2.64. The van der Waals surface area contributed by atoms with E-state index in [9.17, 15) is 9.50 Å². The van der Waals surface area contributed by atoms with Crippen LogP contribution in [0.5, 0.6) is 5.75 Å². The fraction of sp³-hybridized carbons (Fsp3) is 0.235. The average molecular weight is 283 g/mol. The number of benzene rings is 2. The summed E-state index contributed by atoms with van der Waals surface area (Å²) in [4.78, 5) is 0. The Balaban J connectivity index is 1.82. The maximum atomic E-state index is 13.7. The van der Waals surface area contributed by atoms with Crippen LogP contribution in [0.1, 0.15) is 34.8 Å². The number of rotatable bonds is 3. The number of ether oxygens (including phenoxy) is 1. The van der Waals surface area contributed by atoms with Crippen molar-refractivity contribution in [1.29, 1.82) is 5.26 Å². The second kappa shape index (κ2) is 5.55. The van der Waals surface area contributed by atoms with Crippen LogP contribution in [0.3, 0.4) is 0 Å². The van der Waals surface area contributed by atoms with Gasteiger partial charge in [-0.25, -0.2) is 4.39 Å². The van der Waals surface area contributed by atoms with Crippen LogP contribution in [-0.2, 0) is 13.0 Å². The predicted molar refractivity (Wildman–Crippen MR) is 75.2 cm³/mol. The van der Waals surface area contributed by atoms with Gasteiger partial charge >= 0.3 is 0 Å². The molecule has 0 heterocycles. The first-order valence-corrected chi connectivity index (χ1v) is 6.80. The van der Waals surface area contributed by atoms with E-state index >= 15 is 0 Å².